The van der Waals surface area contributed by atoms with Gasteiger partial charge in [0.1, 0.15) is 0 Å². The minimum atomic E-state index is -0.855. The largest absolute Gasteiger partial charge is 0.449 e. The molecule has 3 nitrogen and oxygen atoms in total. The lowest BCUT2D eigenvalue weighted by Crippen LogP contribution is -2.42. The molecule has 0 spiro atoms. The summed E-state index contributed by atoms with van der Waals surface area (Å²) in [5, 5.41) is 0. The standard InChI is InChI=1S/C24H29NO2.ClH/c1-20(19-25-16-10-5-11-17-25)24(27-21(2)26,23-14-8-4-9-15-23)18-22-12-6-3-7-13-22;/h3-4,6-9,12-15H,1,5,10-11,16-19H2,2H3;1H. The zero-order valence-electron chi connectivity index (χ0n) is 16.6. The summed E-state index contributed by atoms with van der Waals surface area (Å²) in [6.45, 7) is 8.81. The molecule has 0 amide bonds. The number of nitrogens with zero attached hydrogens (tertiary/aromatic N) is 1. The summed E-state index contributed by atoms with van der Waals surface area (Å²) < 4.78 is 6.07. The Morgan fingerprint density at radius 3 is 2.14 bits per heavy atom. The summed E-state index contributed by atoms with van der Waals surface area (Å²) in [6, 6.07) is 20.2. The van der Waals surface area contributed by atoms with Gasteiger partial charge in [0.2, 0.25) is 0 Å². The molecule has 1 heterocycles. The van der Waals surface area contributed by atoms with E-state index in [0.29, 0.717) is 6.42 Å². The zero-order chi connectivity index (χ0) is 19.1. The molecule has 1 saturated heterocycles. The lowest BCUT2D eigenvalue weighted by molar-refractivity contribution is -0.154. The molecular formula is C24H30ClNO2. The first-order chi connectivity index (χ1) is 13.1. The predicted octanol–water partition coefficient (Wildman–Crippen LogP) is 5.15. The molecule has 0 aliphatic carbocycles. The van der Waals surface area contributed by atoms with Crippen LogP contribution < -0.4 is 0 Å². The van der Waals surface area contributed by atoms with E-state index < -0.39 is 5.60 Å². The molecule has 0 radical (unpaired) electrons. The summed E-state index contributed by atoms with van der Waals surface area (Å²) >= 11 is 0. The first-order valence-corrected chi connectivity index (χ1v) is 9.80. The van der Waals surface area contributed by atoms with Crippen LogP contribution >= 0.6 is 12.4 Å². The molecule has 1 atom stereocenters. The van der Waals surface area contributed by atoms with Crippen LogP contribution in [0.1, 0.15) is 37.3 Å². The molecule has 0 N–H and O–H groups in total. The van der Waals surface area contributed by atoms with Crippen molar-refractivity contribution in [2.24, 2.45) is 0 Å². The van der Waals surface area contributed by atoms with E-state index >= 15 is 0 Å². The molecule has 1 aliphatic heterocycles. The van der Waals surface area contributed by atoms with Gasteiger partial charge in [-0.15, -0.1) is 12.4 Å². The third-order valence-electron chi connectivity index (χ3n) is 5.29. The molecule has 0 bridgehead atoms. The Hall–Kier alpha value is -2.10. The molecule has 28 heavy (non-hydrogen) atoms. The van der Waals surface area contributed by atoms with Gasteiger partial charge in [0.05, 0.1) is 0 Å². The van der Waals surface area contributed by atoms with Gasteiger partial charge < -0.3 is 4.74 Å². The van der Waals surface area contributed by atoms with Crippen LogP contribution in [0.2, 0.25) is 0 Å². The Bertz CT molecular complexity index is 757. The van der Waals surface area contributed by atoms with Crippen LogP contribution in [-0.2, 0) is 21.6 Å². The highest BCUT2D eigenvalue weighted by Gasteiger charge is 2.39. The van der Waals surface area contributed by atoms with Crippen molar-refractivity contribution in [3.63, 3.8) is 0 Å². The zero-order valence-corrected chi connectivity index (χ0v) is 17.4. The molecule has 150 valence electrons. The number of likely N-dealkylation sites (tertiary alicyclic amines) is 1. The fourth-order valence-electron chi connectivity index (χ4n) is 3.95. The number of esters is 1. The summed E-state index contributed by atoms with van der Waals surface area (Å²) in [7, 11) is 0. The molecule has 2 aromatic rings. The van der Waals surface area contributed by atoms with Crippen molar-refractivity contribution >= 4 is 18.4 Å². The van der Waals surface area contributed by atoms with E-state index in [4.69, 9.17) is 4.74 Å². The summed E-state index contributed by atoms with van der Waals surface area (Å²) in [6.07, 6.45) is 4.32. The van der Waals surface area contributed by atoms with E-state index in [1.54, 1.807) is 0 Å². The number of carbonyl (C=O) groups is 1. The van der Waals surface area contributed by atoms with Crippen LogP contribution in [0.4, 0.5) is 0 Å². The molecule has 2 aromatic carbocycles. The minimum absolute atomic E-state index is 0. The first kappa shape index (κ1) is 22.2. The summed E-state index contributed by atoms with van der Waals surface area (Å²) in [5.41, 5.74) is 2.19. The molecule has 4 heteroatoms. The number of rotatable bonds is 7. The smallest absolute Gasteiger partial charge is 0.303 e. The fourth-order valence-corrected chi connectivity index (χ4v) is 3.95. The molecule has 1 fully saturated rings. The van der Waals surface area contributed by atoms with Crippen molar-refractivity contribution < 1.29 is 9.53 Å². The predicted molar refractivity (Wildman–Crippen MR) is 117 cm³/mol. The second kappa shape index (κ2) is 10.4. The topological polar surface area (TPSA) is 29.5 Å². The van der Waals surface area contributed by atoms with Crippen molar-refractivity contribution in [2.75, 3.05) is 19.6 Å². The van der Waals surface area contributed by atoms with Crippen molar-refractivity contribution in [3.8, 4) is 0 Å². The maximum Gasteiger partial charge on any atom is 0.303 e. The number of halogens is 1. The van der Waals surface area contributed by atoms with E-state index in [2.05, 4.69) is 23.6 Å². The monoisotopic (exact) mass is 399 g/mol. The number of carbonyl (C=O) groups excluding carboxylic acids is 1. The van der Waals surface area contributed by atoms with Crippen molar-refractivity contribution in [1.29, 1.82) is 0 Å². The fraction of sp³-hybridized carbons (Fsp3) is 0.375. The van der Waals surface area contributed by atoms with Crippen LogP contribution in [0, 0.1) is 0 Å². The number of piperidine rings is 1. The maximum atomic E-state index is 12.1. The van der Waals surface area contributed by atoms with Gasteiger partial charge in [0.15, 0.2) is 5.60 Å². The number of hydrogen-bond acceptors (Lipinski definition) is 3. The van der Waals surface area contributed by atoms with Gasteiger partial charge in [-0.1, -0.05) is 73.7 Å². The van der Waals surface area contributed by atoms with Gasteiger partial charge in [-0.2, -0.15) is 0 Å². The summed E-state index contributed by atoms with van der Waals surface area (Å²) in [4.78, 5) is 14.6. The highest BCUT2D eigenvalue weighted by Crippen LogP contribution is 2.37. The van der Waals surface area contributed by atoms with Crippen molar-refractivity contribution in [1.82, 2.24) is 4.90 Å². The number of hydrogen-bond donors (Lipinski definition) is 0. The Labute approximate surface area is 174 Å². The maximum absolute atomic E-state index is 12.1. The van der Waals surface area contributed by atoms with E-state index in [0.717, 1.165) is 36.3 Å². The van der Waals surface area contributed by atoms with Crippen molar-refractivity contribution in [3.05, 3.63) is 83.9 Å². The quantitative estimate of drug-likeness (QED) is 0.476. The minimum Gasteiger partial charge on any atom is -0.449 e. The van der Waals surface area contributed by atoms with Gasteiger partial charge in [-0.3, -0.25) is 9.69 Å². The second-order valence-corrected chi connectivity index (χ2v) is 7.39. The highest BCUT2D eigenvalue weighted by molar-refractivity contribution is 5.85. The van der Waals surface area contributed by atoms with E-state index in [-0.39, 0.29) is 18.4 Å². The molecule has 0 saturated carbocycles. The van der Waals surface area contributed by atoms with E-state index in [1.807, 2.05) is 48.5 Å². The van der Waals surface area contributed by atoms with Gasteiger partial charge >= 0.3 is 5.97 Å². The van der Waals surface area contributed by atoms with Crippen LogP contribution in [0.5, 0.6) is 0 Å². The summed E-state index contributed by atoms with van der Waals surface area (Å²) in [5.74, 6) is -0.283. The SMILES string of the molecule is C=C(CN1CCCCC1)C(Cc1ccccc1)(OC(C)=O)c1ccccc1.Cl. The van der Waals surface area contributed by atoms with Crippen LogP contribution in [0.25, 0.3) is 0 Å². The Kier molecular flexibility index (Phi) is 8.28. The number of ether oxygens (including phenoxy) is 1. The lowest BCUT2D eigenvalue weighted by atomic mass is 9.80. The van der Waals surface area contributed by atoms with Gasteiger partial charge in [0, 0.05) is 25.5 Å². The molecular weight excluding hydrogens is 370 g/mol. The number of benzene rings is 2. The average Bonchev–Trinajstić information content (AvgIpc) is 2.69. The second-order valence-electron chi connectivity index (χ2n) is 7.39. The van der Waals surface area contributed by atoms with E-state index in [9.17, 15) is 4.79 Å². The normalized spacial score (nSPS) is 16.5. The van der Waals surface area contributed by atoms with Crippen molar-refractivity contribution in [2.45, 2.75) is 38.2 Å². The van der Waals surface area contributed by atoms with E-state index in [1.165, 1.54) is 26.2 Å². The Morgan fingerprint density at radius 1 is 1.00 bits per heavy atom. The molecule has 0 aromatic heterocycles. The Morgan fingerprint density at radius 2 is 1.57 bits per heavy atom. The molecule has 1 unspecified atom stereocenters. The Balaban J connectivity index is 0.00000280. The third-order valence-corrected chi connectivity index (χ3v) is 5.29. The van der Waals surface area contributed by atoms with Gasteiger partial charge in [0.25, 0.3) is 0 Å². The van der Waals surface area contributed by atoms with Gasteiger partial charge in [-0.05, 0) is 37.1 Å². The highest BCUT2D eigenvalue weighted by atomic mass is 35.5. The van der Waals surface area contributed by atoms with Gasteiger partial charge in [-0.25, -0.2) is 0 Å². The molecule has 1 aliphatic rings. The van der Waals surface area contributed by atoms with Crippen LogP contribution in [0.15, 0.2) is 72.8 Å². The average molecular weight is 400 g/mol. The third kappa shape index (κ3) is 5.46. The lowest BCUT2D eigenvalue weighted by Gasteiger charge is -2.38. The van der Waals surface area contributed by atoms with Crippen LogP contribution in [-0.4, -0.2) is 30.5 Å². The first-order valence-electron chi connectivity index (χ1n) is 9.80. The van der Waals surface area contributed by atoms with Crippen LogP contribution in [0.3, 0.4) is 0 Å². The molecule has 3 rings (SSSR count).